The average Bonchev–Trinajstić information content (AvgIpc) is 3.08. The van der Waals surface area contributed by atoms with Gasteiger partial charge in [-0.25, -0.2) is 4.98 Å². The van der Waals surface area contributed by atoms with Crippen molar-refractivity contribution in [3.05, 3.63) is 59.9 Å². The Morgan fingerprint density at radius 1 is 1.14 bits per heavy atom. The van der Waals surface area contributed by atoms with E-state index in [1.165, 1.54) is 5.56 Å². The largest absolute Gasteiger partial charge is 0.491 e. The second-order valence-electron chi connectivity index (χ2n) is 5.19. The molecule has 4 heteroatoms. The van der Waals surface area contributed by atoms with Crippen molar-refractivity contribution in [2.75, 3.05) is 12.5 Å². The minimum Gasteiger partial charge on any atom is -0.491 e. The van der Waals surface area contributed by atoms with Crippen LogP contribution in [-0.2, 0) is 6.42 Å². The molecular weight excluding hydrogens is 284 g/mol. The predicted molar refractivity (Wildman–Crippen MR) is 84.2 cm³/mol. The molecule has 0 saturated heterocycles. The molecule has 0 aliphatic carbocycles. The Kier molecular flexibility index (Phi) is 3.08. The lowest BCUT2D eigenvalue weighted by Gasteiger charge is -2.15. The van der Waals surface area contributed by atoms with Crippen molar-refractivity contribution in [2.45, 2.75) is 12.5 Å². The second-order valence-corrected chi connectivity index (χ2v) is 5.57. The minimum absolute atomic E-state index is 0.173. The number of aromatic nitrogens is 2. The highest BCUT2D eigenvalue weighted by molar-refractivity contribution is 6.17. The third kappa shape index (κ3) is 2.00. The van der Waals surface area contributed by atoms with E-state index in [0.29, 0.717) is 12.5 Å². The highest BCUT2D eigenvalue weighted by Crippen LogP contribution is 2.37. The summed E-state index contributed by atoms with van der Waals surface area (Å²) in [5.74, 6) is 2.56. The normalized spacial score (nSPS) is 16.9. The molecule has 4 rings (SSSR count). The Morgan fingerprint density at radius 2 is 1.95 bits per heavy atom. The molecule has 0 radical (unpaired) electrons. The molecule has 1 aliphatic rings. The van der Waals surface area contributed by atoms with Gasteiger partial charge in [-0.3, -0.25) is 0 Å². The number of ether oxygens (including phenoxy) is 1. The van der Waals surface area contributed by atoms with Crippen molar-refractivity contribution in [3.8, 4) is 5.75 Å². The van der Waals surface area contributed by atoms with Crippen molar-refractivity contribution in [2.24, 2.45) is 0 Å². The summed E-state index contributed by atoms with van der Waals surface area (Å²) in [4.78, 5) is 4.74. The van der Waals surface area contributed by atoms with E-state index in [0.717, 1.165) is 29.0 Å². The van der Waals surface area contributed by atoms with Crippen LogP contribution < -0.4 is 4.74 Å². The maximum absolute atomic E-state index is 5.96. The number of aryl methyl sites for hydroxylation is 1. The summed E-state index contributed by atoms with van der Waals surface area (Å²) in [6.45, 7) is 0.648. The lowest BCUT2D eigenvalue weighted by atomic mass is 10.1. The second kappa shape index (κ2) is 5.08. The summed E-state index contributed by atoms with van der Waals surface area (Å²) >= 11 is 5.96. The quantitative estimate of drug-likeness (QED) is 0.688. The van der Waals surface area contributed by atoms with E-state index in [9.17, 15) is 0 Å². The molecule has 1 unspecified atom stereocenters. The first-order chi connectivity index (χ1) is 10.4. The van der Waals surface area contributed by atoms with Crippen molar-refractivity contribution in [1.29, 1.82) is 0 Å². The zero-order chi connectivity index (χ0) is 14.2. The van der Waals surface area contributed by atoms with E-state index < -0.39 is 0 Å². The smallest absolute Gasteiger partial charge is 0.124 e. The molecule has 1 atom stereocenters. The number of alkyl halides is 1. The first-order valence-corrected chi connectivity index (χ1v) is 7.65. The summed E-state index contributed by atoms with van der Waals surface area (Å²) in [5.41, 5.74) is 3.38. The van der Waals surface area contributed by atoms with Gasteiger partial charge in [-0.2, -0.15) is 0 Å². The van der Waals surface area contributed by atoms with Gasteiger partial charge in [-0.05, 0) is 18.2 Å². The number of para-hydroxylation sites is 3. The third-order valence-corrected chi connectivity index (χ3v) is 4.16. The summed E-state index contributed by atoms with van der Waals surface area (Å²) < 4.78 is 8.12. The van der Waals surface area contributed by atoms with Crippen molar-refractivity contribution >= 4 is 22.6 Å². The van der Waals surface area contributed by atoms with Gasteiger partial charge in [0, 0.05) is 17.9 Å². The van der Waals surface area contributed by atoms with Crippen LogP contribution in [0.5, 0.6) is 5.75 Å². The summed E-state index contributed by atoms with van der Waals surface area (Å²) in [6.07, 6.45) is 0.759. The van der Waals surface area contributed by atoms with Crippen molar-refractivity contribution in [1.82, 2.24) is 9.55 Å². The molecule has 0 N–H and O–H groups in total. The van der Waals surface area contributed by atoms with E-state index >= 15 is 0 Å². The molecule has 0 saturated carbocycles. The van der Waals surface area contributed by atoms with Gasteiger partial charge in [0.05, 0.1) is 17.1 Å². The molecule has 21 heavy (non-hydrogen) atoms. The fraction of sp³-hybridized carbons (Fsp3) is 0.235. The molecule has 2 aromatic carbocycles. The van der Waals surface area contributed by atoms with Crippen LogP contribution in [0.3, 0.4) is 0 Å². The molecule has 0 spiro atoms. The van der Waals surface area contributed by atoms with Crippen LogP contribution in [0.25, 0.3) is 11.0 Å². The van der Waals surface area contributed by atoms with Crippen molar-refractivity contribution in [3.63, 3.8) is 0 Å². The Labute approximate surface area is 128 Å². The van der Waals surface area contributed by atoms with E-state index in [-0.39, 0.29) is 6.04 Å². The number of hydrogen-bond acceptors (Lipinski definition) is 2. The van der Waals surface area contributed by atoms with E-state index in [2.05, 4.69) is 22.8 Å². The monoisotopic (exact) mass is 298 g/mol. The first-order valence-electron chi connectivity index (χ1n) is 7.12. The van der Waals surface area contributed by atoms with Crippen LogP contribution in [0.1, 0.15) is 17.4 Å². The van der Waals surface area contributed by atoms with Crippen LogP contribution in [-0.4, -0.2) is 22.0 Å². The van der Waals surface area contributed by atoms with Crippen LogP contribution in [0.2, 0.25) is 0 Å². The van der Waals surface area contributed by atoms with Gasteiger partial charge in [0.15, 0.2) is 0 Å². The van der Waals surface area contributed by atoms with Gasteiger partial charge >= 0.3 is 0 Å². The molecule has 1 aromatic heterocycles. The van der Waals surface area contributed by atoms with Crippen LogP contribution in [0.4, 0.5) is 0 Å². The number of halogens is 1. The topological polar surface area (TPSA) is 27.1 Å². The first kappa shape index (κ1) is 12.7. The molecule has 0 amide bonds. The number of nitrogens with zero attached hydrogens (tertiary/aromatic N) is 2. The molecule has 3 aromatic rings. The highest BCUT2D eigenvalue weighted by atomic mass is 35.5. The predicted octanol–water partition coefficient (Wildman–Crippen LogP) is 3.80. The molecular formula is C17H15ClN2O. The molecule has 106 valence electrons. The van der Waals surface area contributed by atoms with Crippen LogP contribution in [0.15, 0.2) is 48.5 Å². The number of benzene rings is 2. The molecule has 0 fully saturated rings. The third-order valence-electron chi connectivity index (χ3n) is 3.97. The van der Waals surface area contributed by atoms with Crippen LogP contribution >= 0.6 is 11.6 Å². The van der Waals surface area contributed by atoms with Gasteiger partial charge in [0.1, 0.15) is 18.2 Å². The molecule has 3 nitrogen and oxygen atoms in total. The number of imidazole rings is 1. The highest BCUT2D eigenvalue weighted by Gasteiger charge is 2.28. The summed E-state index contributed by atoms with van der Waals surface area (Å²) in [5, 5.41) is 0. The Balaban J connectivity index is 1.92. The fourth-order valence-corrected chi connectivity index (χ4v) is 3.23. The Morgan fingerprint density at radius 3 is 2.86 bits per heavy atom. The number of hydrogen-bond donors (Lipinski definition) is 0. The Hall–Kier alpha value is -2.00. The molecule has 2 heterocycles. The van der Waals surface area contributed by atoms with E-state index in [1.807, 2.05) is 30.3 Å². The minimum atomic E-state index is 0.173. The van der Waals surface area contributed by atoms with Gasteiger partial charge in [0.2, 0.25) is 0 Å². The van der Waals surface area contributed by atoms with Crippen LogP contribution in [0, 0.1) is 0 Å². The lowest BCUT2D eigenvalue weighted by Crippen LogP contribution is -2.15. The average molecular weight is 299 g/mol. The number of fused-ring (bicyclic) bond motifs is 2. The van der Waals surface area contributed by atoms with Gasteiger partial charge in [-0.1, -0.05) is 30.3 Å². The Bertz CT molecular complexity index is 796. The maximum atomic E-state index is 5.96. The molecule has 1 aliphatic heterocycles. The number of rotatable bonds is 3. The molecule has 0 bridgehead atoms. The SMILES string of the molecule is ClCCc1nc2ccccc2n1C1COc2ccccc21. The van der Waals surface area contributed by atoms with Gasteiger partial charge < -0.3 is 9.30 Å². The van der Waals surface area contributed by atoms with Gasteiger partial charge in [-0.15, -0.1) is 11.6 Å². The zero-order valence-corrected chi connectivity index (χ0v) is 12.3. The summed E-state index contributed by atoms with van der Waals surface area (Å²) in [7, 11) is 0. The summed E-state index contributed by atoms with van der Waals surface area (Å²) in [6, 6.07) is 16.6. The van der Waals surface area contributed by atoms with E-state index in [1.54, 1.807) is 0 Å². The lowest BCUT2D eigenvalue weighted by molar-refractivity contribution is 0.316. The van der Waals surface area contributed by atoms with Gasteiger partial charge in [0.25, 0.3) is 0 Å². The van der Waals surface area contributed by atoms with E-state index in [4.69, 9.17) is 21.3 Å². The standard InChI is InChI=1S/C17H15ClN2O/c18-10-9-17-19-13-6-2-3-7-14(13)20(17)15-11-21-16-8-4-1-5-12(15)16/h1-8,15H,9-11H2. The maximum Gasteiger partial charge on any atom is 0.124 e. The fourth-order valence-electron chi connectivity index (χ4n) is 3.06. The zero-order valence-electron chi connectivity index (χ0n) is 11.5. The van der Waals surface area contributed by atoms with Crippen molar-refractivity contribution < 1.29 is 4.74 Å².